The minimum Gasteiger partial charge on any atom is -0.340 e. The predicted molar refractivity (Wildman–Crippen MR) is 135 cm³/mol. The molecule has 1 heterocycles. The maximum atomic E-state index is 13.5. The van der Waals surface area contributed by atoms with E-state index in [1.165, 1.54) is 11.6 Å². The Morgan fingerprint density at radius 2 is 1.64 bits per heavy atom. The van der Waals surface area contributed by atoms with Gasteiger partial charge in [-0.15, -0.1) is 0 Å². The molecule has 166 valence electrons. The van der Waals surface area contributed by atoms with Gasteiger partial charge in [0.25, 0.3) is 5.91 Å². The second-order valence-electron chi connectivity index (χ2n) is 8.22. The fraction of sp³-hybridized carbons (Fsp3) is 0.143. The molecular weight excluding hydrogens is 432 g/mol. The Morgan fingerprint density at radius 3 is 2.33 bits per heavy atom. The minimum absolute atomic E-state index is 0.0956. The summed E-state index contributed by atoms with van der Waals surface area (Å²) < 4.78 is 2.00. The molecular formula is C28H25ClN2O2. The summed E-state index contributed by atoms with van der Waals surface area (Å²) >= 11 is 6.30. The van der Waals surface area contributed by atoms with Crippen LogP contribution in [-0.4, -0.2) is 10.5 Å². The highest BCUT2D eigenvalue weighted by atomic mass is 35.5. The molecule has 5 heteroatoms. The van der Waals surface area contributed by atoms with E-state index in [1.54, 1.807) is 12.1 Å². The lowest BCUT2D eigenvalue weighted by atomic mass is 10.0. The standard InChI is InChI=1S/C28H25ClN2O2/c1-18-11-13-21(14-12-18)17-31-20(3)15-25(32)26(27(31)22-8-6-9-23(29)16-22)28(33)30-24-10-5-4-7-19(24)2/h4-16H,17H2,1-3H3,(H,30,33). The van der Waals surface area contributed by atoms with Crippen molar-refractivity contribution < 1.29 is 4.79 Å². The number of hydrogen-bond donors (Lipinski definition) is 1. The molecule has 0 unspecified atom stereocenters. The molecule has 0 aliphatic carbocycles. The minimum atomic E-state index is -0.443. The molecule has 0 saturated heterocycles. The number of benzene rings is 3. The first-order valence-electron chi connectivity index (χ1n) is 10.8. The first kappa shape index (κ1) is 22.6. The lowest BCUT2D eigenvalue weighted by Gasteiger charge is -2.21. The van der Waals surface area contributed by atoms with E-state index in [4.69, 9.17) is 11.6 Å². The van der Waals surface area contributed by atoms with Gasteiger partial charge in [-0.05, 0) is 50.1 Å². The Balaban J connectivity index is 1.91. The van der Waals surface area contributed by atoms with Gasteiger partial charge >= 0.3 is 0 Å². The van der Waals surface area contributed by atoms with E-state index in [1.807, 2.05) is 61.7 Å². The summed E-state index contributed by atoms with van der Waals surface area (Å²) in [7, 11) is 0. The van der Waals surface area contributed by atoms with Crippen LogP contribution in [0.2, 0.25) is 5.02 Å². The summed E-state index contributed by atoms with van der Waals surface area (Å²) in [5, 5.41) is 3.46. The molecule has 3 aromatic carbocycles. The molecule has 1 aromatic heterocycles. The first-order chi connectivity index (χ1) is 15.8. The van der Waals surface area contributed by atoms with Crippen LogP contribution in [0.15, 0.2) is 83.7 Å². The molecule has 0 saturated carbocycles. The summed E-state index contributed by atoms with van der Waals surface area (Å²) in [5.74, 6) is -0.443. The van der Waals surface area contributed by atoms with Crippen LogP contribution in [0.3, 0.4) is 0 Å². The first-order valence-corrected chi connectivity index (χ1v) is 11.1. The molecule has 0 aliphatic rings. The zero-order chi connectivity index (χ0) is 23.5. The van der Waals surface area contributed by atoms with Crippen LogP contribution in [0.25, 0.3) is 11.3 Å². The highest BCUT2D eigenvalue weighted by Crippen LogP contribution is 2.28. The number of halogens is 1. The maximum absolute atomic E-state index is 13.5. The molecule has 0 atom stereocenters. The normalized spacial score (nSPS) is 10.8. The highest BCUT2D eigenvalue weighted by molar-refractivity contribution is 6.30. The Morgan fingerprint density at radius 1 is 0.909 bits per heavy atom. The molecule has 4 nitrogen and oxygen atoms in total. The molecule has 0 spiro atoms. The number of hydrogen-bond acceptors (Lipinski definition) is 2. The van der Waals surface area contributed by atoms with E-state index < -0.39 is 5.91 Å². The van der Waals surface area contributed by atoms with Gasteiger partial charge in [-0.1, -0.05) is 71.8 Å². The predicted octanol–water partition coefficient (Wildman–Crippen LogP) is 6.39. The number of pyridine rings is 1. The number of para-hydroxylation sites is 1. The fourth-order valence-electron chi connectivity index (χ4n) is 3.90. The van der Waals surface area contributed by atoms with Gasteiger partial charge in [0, 0.05) is 34.6 Å². The smallest absolute Gasteiger partial charge is 0.261 e. The average Bonchev–Trinajstić information content (AvgIpc) is 2.78. The third-order valence-corrected chi connectivity index (χ3v) is 5.93. The molecule has 4 rings (SSSR count). The van der Waals surface area contributed by atoms with Crippen LogP contribution in [0.4, 0.5) is 5.69 Å². The Bertz CT molecular complexity index is 1390. The monoisotopic (exact) mass is 456 g/mol. The van der Waals surface area contributed by atoms with Crippen LogP contribution in [0.1, 0.15) is 32.7 Å². The topological polar surface area (TPSA) is 51.1 Å². The number of carbonyl (C=O) groups is 1. The van der Waals surface area contributed by atoms with Crippen LogP contribution in [0, 0.1) is 20.8 Å². The molecule has 33 heavy (non-hydrogen) atoms. The van der Waals surface area contributed by atoms with Gasteiger partial charge in [0.05, 0.1) is 5.69 Å². The Kier molecular flexibility index (Phi) is 6.47. The SMILES string of the molecule is Cc1ccc(Cn2c(C)cc(=O)c(C(=O)Nc3ccccc3C)c2-c2cccc(Cl)c2)cc1. The van der Waals surface area contributed by atoms with Gasteiger partial charge in [-0.3, -0.25) is 9.59 Å². The van der Waals surface area contributed by atoms with Gasteiger partial charge < -0.3 is 9.88 Å². The maximum Gasteiger partial charge on any atom is 0.261 e. The number of rotatable bonds is 5. The molecule has 0 bridgehead atoms. The highest BCUT2D eigenvalue weighted by Gasteiger charge is 2.22. The number of nitrogens with zero attached hydrogens (tertiary/aromatic N) is 1. The number of carbonyl (C=O) groups excluding carboxylic acids is 1. The number of aromatic nitrogens is 1. The van der Waals surface area contributed by atoms with Crippen molar-refractivity contribution >= 4 is 23.2 Å². The van der Waals surface area contributed by atoms with Gasteiger partial charge in [0.15, 0.2) is 5.43 Å². The number of nitrogens with one attached hydrogen (secondary N) is 1. The van der Waals surface area contributed by atoms with E-state index >= 15 is 0 Å². The van der Waals surface area contributed by atoms with Crippen LogP contribution >= 0.6 is 11.6 Å². The van der Waals surface area contributed by atoms with Crippen molar-refractivity contribution in [3.8, 4) is 11.3 Å². The number of amides is 1. The van der Waals surface area contributed by atoms with Crippen molar-refractivity contribution in [2.75, 3.05) is 5.32 Å². The summed E-state index contributed by atoms with van der Waals surface area (Å²) in [6, 6.07) is 24.5. The third kappa shape index (κ3) is 4.91. The molecule has 0 aliphatic heterocycles. The molecule has 1 N–H and O–H groups in total. The summed E-state index contributed by atoms with van der Waals surface area (Å²) in [6.07, 6.45) is 0. The molecule has 0 fully saturated rings. The van der Waals surface area contributed by atoms with Crippen molar-refractivity contribution in [3.63, 3.8) is 0 Å². The Hall–Kier alpha value is -3.63. The van der Waals surface area contributed by atoms with Crippen molar-refractivity contribution in [2.45, 2.75) is 27.3 Å². The third-order valence-electron chi connectivity index (χ3n) is 5.70. The molecule has 0 radical (unpaired) electrons. The summed E-state index contributed by atoms with van der Waals surface area (Å²) in [4.78, 5) is 26.6. The van der Waals surface area contributed by atoms with E-state index in [-0.39, 0.29) is 11.0 Å². The van der Waals surface area contributed by atoms with Crippen LogP contribution < -0.4 is 10.7 Å². The number of aryl methyl sites for hydroxylation is 3. The molecule has 4 aromatic rings. The zero-order valence-corrected chi connectivity index (χ0v) is 19.6. The second kappa shape index (κ2) is 9.47. The fourth-order valence-corrected chi connectivity index (χ4v) is 4.09. The van der Waals surface area contributed by atoms with Gasteiger partial charge in [0.2, 0.25) is 0 Å². The lowest BCUT2D eigenvalue weighted by Crippen LogP contribution is -2.27. The largest absolute Gasteiger partial charge is 0.340 e. The van der Waals surface area contributed by atoms with E-state index in [0.717, 1.165) is 16.8 Å². The van der Waals surface area contributed by atoms with Crippen molar-refractivity contribution in [1.29, 1.82) is 0 Å². The summed E-state index contributed by atoms with van der Waals surface area (Å²) in [5.41, 5.74) is 5.63. The van der Waals surface area contributed by atoms with Crippen molar-refractivity contribution in [2.24, 2.45) is 0 Å². The Labute approximate surface area is 198 Å². The zero-order valence-electron chi connectivity index (χ0n) is 18.9. The van der Waals surface area contributed by atoms with Gasteiger partial charge in [-0.25, -0.2) is 0 Å². The lowest BCUT2D eigenvalue weighted by molar-refractivity contribution is 0.102. The van der Waals surface area contributed by atoms with Gasteiger partial charge in [-0.2, -0.15) is 0 Å². The van der Waals surface area contributed by atoms with Crippen molar-refractivity contribution in [3.05, 3.63) is 122 Å². The second-order valence-corrected chi connectivity index (χ2v) is 8.66. The number of anilines is 1. The van der Waals surface area contributed by atoms with Crippen LogP contribution in [-0.2, 0) is 6.54 Å². The average molecular weight is 457 g/mol. The van der Waals surface area contributed by atoms with Crippen molar-refractivity contribution in [1.82, 2.24) is 4.57 Å². The molecule has 1 amide bonds. The summed E-state index contributed by atoms with van der Waals surface area (Å²) in [6.45, 7) is 6.35. The van der Waals surface area contributed by atoms with E-state index in [0.29, 0.717) is 28.5 Å². The quantitative estimate of drug-likeness (QED) is 0.378. The van der Waals surface area contributed by atoms with Crippen LogP contribution in [0.5, 0.6) is 0 Å². The van der Waals surface area contributed by atoms with E-state index in [9.17, 15) is 9.59 Å². The van der Waals surface area contributed by atoms with E-state index in [2.05, 4.69) is 29.6 Å². The van der Waals surface area contributed by atoms with Gasteiger partial charge in [0.1, 0.15) is 5.56 Å².